The van der Waals surface area contributed by atoms with E-state index in [1.165, 1.54) is 55.3 Å². The molecule has 0 N–H and O–H groups in total. The zero-order valence-electron chi connectivity index (χ0n) is 36.2. The van der Waals surface area contributed by atoms with E-state index in [2.05, 4.69) is 141 Å². The Morgan fingerprint density at radius 2 is 1.48 bits per heavy atom. The molecule has 3 aliphatic carbocycles. The molecule has 2 bridgehead atoms. The minimum atomic E-state index is -1.91. The number of furan rings is 1. The van der Waals surface area contributed by atoms with Crippen molar-refractivity contribution in [2.24, 2.45) is 17.8 Å². The quantitative estimate of drug-likeness (QED) is 0.113. The number of para-hydroxylation sites is 4. The monoisotopic (exact) mass is 1030 g/mol. The molecule has 1 radical (unpaired) electrons. The second kappa shape index (κ2) is 17.6. The Bertz CT molecular complexity index is 2720. The van der Waals surface area contributed by atoms with E-state index in [-0.39, 0.29) is 20.1 Å². The Kier molecular flexibility index (Phi) is 12.4. The molecule has 8 aromatic rings. The van der Waals surface area contributed by atoms with E-state index in [0.29, 0.717) is 11.8 Å². The van der Waals surface area contributed by atoms with Crippen LogP contribution in [0.15, 0.2) is 120 Å². The van der Waals surface area contributed by atoms with Crippen molar-refractivity contribution in [3.8, 4) is 28.3 Å². The molecule has 0 spiro atoms. The summed E-state index contributed by atoms with van der Waals surface area (Å²) in [5.41, 5.74) is 12.3. The number of aromatic nitrogens is 3. The van der Waals surface area contributed by atoms with Crippen molar-refractivity contribution in [1.82, 2.24) is 14.5 Å². The Morgan fingerprint density at radius 1 is 0.767 bits per heavy atom. The van der Waals surface area contributed by atoms with Gasteiger partial charge in [-0.05, 0) is 41.2 Å². The van der Waals surface area contributed by atoms with E-state index >= 15 is 0 Å². The van der Waals surface area contributed by atoms with Crippen LogP contribution in [-0.2, 0) is 26.5 Å². The molecule has 3 saturated carbocycles. The summed E-state index contributed by atoms with van der Waals surface area (Å²) < 4.78 is 10.3. The van der Waals surface area contributed by atoms with Gasteiger partial charge in [0, 0.05) is 31.2 Å². The SMILES string of the molecule is CC(C)c1cccc(C(C)C)c1-n1c(-c2[c-]ccc3c2oc2ccccc23)nc2ccccc21.[CH3][Ge]([CH3])([CH3])[c]1cnc(-c2[c-]cccc2)cc1CC1CC2CCC1CC2.[Ir]. The maximum absolute atomic E-state index is 6.40. The molecule has 0 aliphatic heterocycles. The first-order valence-electron chi connectivity index (χ1n) is 21.9. The first-order chi connectivity index (χ1) is 28.5. The zero-order valence-corrected chi connectivity index (χ0v) is 40.7. The molecule has 1 atom stereocenters. The molecule has 3 aromatic heterocycles. The van der Waals surface area contributed by atoms with Gasteiger partial charge < -0.3 is 8.98 Å². The molecule has 1 unspecified atom stereocenters. The maximum Gasteiger partial charge on any atom is 0 e. The summed E-state index contributed by atoms with van der Waals surface area (Å²) in [7, 11) is 0. The number of pyridine rings is 1. The fourth-order valence-electron chi connectivity index (χ4n) is 10.1. The van der Waals surface area contributed by atoms with Crippen molar-refractivity contribution in [3.63, 3.8) is 0 Å². The largest absolute Gasteiger partial charge is 0 e. The summed E-state index contributed by atoms with van der Waals surface area (Å²) in [4.78, 5) is 9.98. The normalized spacial score (nSPS) is 17.6. The maximum atomic E-state index is 6.40. The third-order valence-electron chi connectivity index (χ3n) is 13.1. The van der Waals surface area contributed by atoms with E-state index in [1.54, 1.807) is 9.96 Å². The number of hydrogen-bond donors (Lipinski definition) is 0. The molecule has 6 heteroatoms. The molecule has 4 nitrogen and oxygen atoms in total. The van der Waals surface area contributed by atoms with Crippen molar-refractivity contribution in [3.05, 3.63) is 144 Å². The van der Waals surface area contributed by atoms with Crippen LogP contribution in [0.1, 0.15) is 88.3 Å². The van der Waals surface area contributed by atoms with Crippen molar-refractivity contribution < 1.29 is 24.5 Å². The smallest absolute Gasteiger partial charge is 0 e. The van der Waals surface area contributed by atoms with Crippen molar-refractivity contribution in [2.75, 3.05) is 0 Å². The Hall–Kier alpha value is -4.29. The first kappa shape index (κ1) is 42.4. The molecule has 3 heterocycles. The molecule has 0 amide bonds. The minimum Gasteiger partial charge on any atom is 0 e. The van der Waals surface area contributed by atoms with Crippen molar-refractivity contribution >= 4 is 50.6 Å². The van der Waals surface area contributed by atoms with Gasteiger partial charge in [0.2, 0.25) is 0 Å². The van der Waals surface area contributed by atoms with Crippen LogP contribution in [0.4, 0.5) is 0 Å². The molecular weight excluding hydrogens is 971 g/mol. The number of nitrogens with zero attached hydrogens (tertiary/aromatic N) is 3. The Labute approximate surface area is 373 Å². The average molecular weight is 1030 g/mol. The average Bonchev–Trinajstić information content (AvgIpc) is 3.83. The van der Waals surface area contributed by atoms with Gasteiger partial charge in [-0.2, -0.15) is 0 Å². The van der Waals surface area contributed by atoms with E-state index < -0.39 is 13.3 Å². The Balaban J connectivity index is 0.000000171. The third kappa shape index (κ3) is 8.22. The van der Waals surface area contributed by atoms with Gasteiger partial charge in [-0.15, -0.1) is 18.2 Å². The van der Waals surface area contributed by atoms with Crippen LogP contribution >= 0.6 is 0 Å². The topological polar surface area (TPSA) is 43.9 Å². The fraction of sp³-hybridized carbons (Fsp3) is 0.333. The zero-order chi connectivity index (χ0) is 40.8. The predicted octanol–water partition coefficient (Wildman–Crippen LogP) is 14.1. The Morgan fingerprint density at radius 3 is 2.17 bits per heavy atom. The van der Waals surface area contributed by atoms with Crippen LogP contribution in [0.25, 0.3) is 61.3 Å². The first-order valence-corrected chi connectivity index (χ1v) is 29.3. The van der Waals surface area contributed by atoms with E-state index in [4.69, 9.17) is 14.4 Å². The van der Waals surface area contributed by atoms with Crippen molar-refractivity contribution in [1.29, 1.82) is 0 Å². The van der Waals surface area contributed by atoms with E-state index in [1.807, 2.05) is 36.4 Å². The van der Waals surface area contributed by atoms with Gasteiger partial charge >= 0.3 is 156 Å². The number of fused-ring (bicyclic) bond motifs is 7. The number of hydrogen-bond acceptors (Lipinski definition) is 3. The standard InChI is InChI=1S/C31H27N2O.C23H30GeN.Ir/c1-19(2)21-12-9-13-22(20(3)4)29(21)33-27-17-7-6-16-26(27)32-31(33)25-15-10-14-24-23-11-5-8-18-28(23)34-30(24)25;1-24(2,3)22-16-25-23(19-7-5-4-6-8-19)15-21(22)14-20-13-17-9-11-18(20)12-10-17;/h5-14,16-20H,1-4H3;4-7,15-18,20H,9-14H2,1-3H3;/q2*-1;. The molecular formula is C54H57GeIrN3O-2. The van der Waals surface area contributed by atoms with Crippen LogP contribution in [0.2, 0.25) is 17.3 Å². The molecule has 309 valence electrons. The number of imidazole rings is 1. The second-order valence-corrected chi connectivity index (χ2v) is 29.4. The van der Waals surface area contributed by atoms with Crippen LogP contribution in [-0.4, -0.2) is 27.8 Å². The van der Waals surface area contributed by atoms with Crippen molar-refractivity contribution in [2.45, 2.75) is 95.3 Å². The second-order valence-electron chi connectivity index (χ2n) is 18.8. The summed E-state index contributed by atoms with van der Waals surface area (Å²) in [6, 6.07) is 44.8. The third-order valence-corrected chi connectivity index (χ3v) is 17.5. The van der Waals surface area contributed by atoms with Crippen LogP contribution in [0.3, 0.4) is 0 Å². The molecule has 60 heavy (non-hydrogen) atoms. The molecule has 5 aromatic carbocycles. The molecule has 11 rings (SSSR count). The summed E-state index contributed by atoms with van der Waals surface area (Å²) in [5, 5.41) is 2.20. The fourth-order valence-corrected chi connectivity index (χ4v) is 13.5. The summed E-state index contributed by atoms with van der Waals surface area (Å²) in [6.07, 6.45) is 10.9. The van der Waals surface area contributed by atoms with Crippen LogP contribution in [0, 0.1) is 29.9 Å². The van der Waals surface area contributed by atoms with E-state index in [0.717, 1.165) is 73.4 Å². The number of rotatable bonds is 8. The molecule has 3 aliphatic rings. The van der Waals surface area contributed by atoms with Gasteiger partial charge in [-0.1, -0.05) is 87.2 Å². The van der Waals surface area contributed by atoms with Gasteiger partial charge in [0.25, 0.3) is 0 Å². The van der Waals surface area contributed by atoms with Gasteiger partial charge in [-0.3, -0.25) is 4.98 Å². The number of benzene rings is 5. The minimum absolute atomic E-state index is 0. The van der Waals surface area contributed by atoms with Gasteiger partial charge in [0.1, 0.15) is 5.58 Å². The van der Waals surface area contributed by atoms with Gasteiger partial charge in [0.15, 0.2) is 0 Å². The predicted molar refractivity (Wildman–Crippen MR) is 250 cm³/mol. The molecule has 3 fully saturated rings. The summed E-state index contributed by atoms with van der Waals surface area (Å²) in [6.45, 7) is 9.03. The molecule has 0 saturated heterocycles. The van der Waals surface area contributed by atoms with E-state index in [9.17, 15) is 0 Å². The summed E-state index contributed by atoms with van der Waals surface area (Å²) in [5.74, 6) is 12.0. The van der Waals surface area contributed by atoms with Gasteiger partial charge in [0.05, 0.1) is 22.4 Å². The summed E-state index contributed by atoms with van der Waals surface area (Å²) >= 11 is -1.91. The van der Waals surface area contributed by atoms with Gasteiger partial charge in [-0.25, -0.2) is 0 Å². The van der Waals surface area contributed by atoms with Crippen LogP contribution in [0.5, 0.6) is 0 Å². The van der Waals surface area contributed by atoms with Crippen LogP contribution < -0.4 is 4.40 Å².